The molecule has 0 radical (unpaired) electrons. The minimum atomic E-state index is -0.436. The first-order chi connectivity index (χ1) is 7.70. The van der Waals surface area contributed by atoms with E-state index < -0.39 is 6.10 Å². The van der Waals surface area contributed by atoms with Crippen molar-refractivity contribution >= 4 is 0 Å². The minimum Gasteiger partial charge on any atom is -0.487 e. The molecule has 1 aromatic rings. The summed E-state index contributed by atoms with van der Waals surface area (Å²) >= 11 is 0. The summed E-state index contributed by atoms with van der Waals surface area (Å²) in [6.45, 7) is 1.91. The second kappa shape index (κ2) is 4.85. The molecule has 1 heterocycles. The van der Waals surface area contributed by atoms with Gasteiger partial charge < -0.3 is 14.9 Å². The van der Waals surface area contributed by atoms with Gasteiger partial charge in [0.2, 0.25) is 0 Å². The maximum absolute atomic E-state index is 9.51. The van der Waals surface area contributed by atoms with Crippen molar-refractivity contribution in [1.29, 1.82) is 0 Å². The number of fused-ring (bicyclic) bond motifs is 1. The van der Waals surface area contributed by atoms with Crippen molar-refractivity contribution in [2.24, 2.45) is 0 Å². The SMILES string of the molecule is CC(O)C1CCc2ccc(CCO)cc2O1. The zero-order valence-electron chi connectivity index (χ0n) is 9.52. The first-order valence-corrected chi connectivity index (χ1v) is 5.78. The summed E-state index contributed by atoms with van der Waals surface area (Å²) in [6, 6.07) is 6.06. The van der Waals surface area contributed by atoms with Crippen LogP contribution in [0.4, 0.5) is 0 Å². The summed E-state index contributed by atoms with van der Waals surface area (Å²) in [7, 11) is 0. The van der Waals surface area contributed by atoms with Crippen LogP contribution in [0.15, 0.2) is 18.2 Å². The average Bonchev–Trinajstić information content (AvgIpc) is 2.28. The third-order valence-electron chi connectivity index (χ3n) is 3.05. The molecule has 16 heavy (non-hydrogen) atoms. The van der Waals surface area contributed by atoms with Crippen molar-refractivity contribution in [3.05, 3.63) is 29.3 Å². The molecule has 3 nitrogen and oxygen atoms in total. The number of rotatable bonds is 3. The molecule has 1 aliphatic rings. The highest BCUT2D eigenvalue weighted by Crippen LogP contribution is 2.29. The zero-order chi connectivity index (χ0) is 11.5. The maximum atomic E-state index is 9.51. The van der Waals surface area contributed by atoms with Crippen LogP contribution in [0.1, 0.15) is 24.5 Å². The molecule has 2 unspecified atom stereocenters. The lowest BCUT2D eigenvalue weighted by atomic mass is 9.98. The van der Waals surface area contributed by atoms with Crippen LogP contribution in [0.25, 0.3) is 0 Å². The van der Waals surface area contributed by atoms with Gasteiger partial charge in [-0.15, -0.1) is 0 Å². The summed E-state index contributed by atoms with van der Waals surface area (Å²) in [6.07, 6.45) is 1.93. The summed E-state index contributed by atoms with van der Waals surface area (Å²) in [4.78, 5) is 0. The van der Waals surface area contributed by atoms with Crippen LogP contribution < -0.4 is 4.74 Å². The molecule has 0 bridgehead atoms. The topological polar surface area (TPSA) is 49.7 Å². The van der Waals surface area contributed by atoms with Crippen molar-refractivity contribution in [2.75, 3.05) is 6.61 Å². The second-order valence-corrected chi connectivity index (χ2v) is 4.35. The van der Waals surface area contributed by atoms with E-state index in [4.69, 9.17) is 9.84 Å². The van der Waals surface area contributed by atoms with Crippen LogP contribution in [0, 0.1) is 0 Å². The van der Waals surface area contributed by atoms with E-state index in [1.54, 1.807) is 6.92 Å². The van der Waals surface area contributed by atoms with Crippen molar-refractivity contribution < 1.29 is 14.9 Å². The molecule has 88 valence electrons. The van der Waals surface area contributed by atoms with Gasteiger partial charge in [0.1, 0.15) is 11.9 Å². The van der Waals surface area contributed by atoms with E-state index in [0.717, 1.165) is 24.2 Å². The molecule has 0 aliphatic carbocycles. The predicted octanol–water partition coefficient (Wildman–Crippen LogP) is 1.30. The van der Waals surface area contributed by atoms with E-state index in [1.807, 2.05) is 12.1 Å². The Morgan fingerprint density at radius 3 is 3.00 bits per heavy atom. The molecule has 0 spiro atoms. The van der Waals surface area contributed by atoms with Crippen molar-refractivity contribution in [3.63, 3.8) is 0 Å². The van der Waals surface area contributed by atoms with Crippen LogP contribution in [-0.4, -0.2) is 29.0 Å². The van der Waals surface area contributed by atoms with Crippen LogP contribution in [0.3, 0.4) is 0 Å². The van der Waals surface area contributed by atoms with Gasteiger partial charge in [-0.1, -0.05) is 12.1 Å². The fourth-order valence-corrected chi connectivity index (χ4v) is 2.06. The van der Waals surface area contributed by atoms with Gasteiger partial charge in [0.15, 0.2) is 0 Å². The van der Waals surface area contributed by atoms with Crippen LogP contribution in [-0.2, 0) is 12.8 Å². The van der Waals surface area contributed by atoms with Gasteiger partial charge in [-0.25, -0.2) is 0 Å². The lowest BCUT2D eigenvalue weighted by Crippen LogP contribution is -2.32. The van der Waals surface area contributed by atoms with E-state index in [2.05, 4.69) is 6.07 Å². The van der Waals surface area contributed by atoms with Gasteiger partial charge in [-0.2, -0.15) is 0 Å². The molecule has 0 amide bonds. The standard InChI is InChI=1S/C13H18O3/c1-9(15)12-5-4-11-3-2-10(6-7-14)8-13(11)16-12/h2-3,8-9,12,14-15H,4-7H2,1H3. The Bertz CT molecular complexity index is 360. The fourth-order valence-electron chi connectivity index (χ4n) is 2.06. The van der Waals surface area contributed by atoms with Gasteiger partial charge in [0, 0.05) is 6.61 Å². The third kappa shape index (κ3) is 2.36. The maximum Gasteiger partial charge on any atom is 0.125 e. The highest BCUT2D eigenvalue weighted by Gasteiger charge is 2.23. The van der Waals surface area contributed by atoms with Crippen LogP contribution in [0.2, 0.25) is 0 Å². The molecule has 0 saturated carbocycles. The number of hydrogen-bond acceptors (Lipinski definition) is 3. The first-order valence-electron chi connectivity index (χ1n) is 5.78. The molecular weight excluding hydrogens is 204 g/mol. The zero-order valence-corrected chi connectivity index (χ0v) is 9.52. The molecule has 3 heteroatoms. The monoisotopic (exact) mass is 222 g/mol. The largest absolute Gasteiger partial charge is 0.487 e. The Morgan fingerprint density at radius 2 is 2.31 bits per heavy atom. The highest BCUT2D eigenvalue weighted by atomic mass is 16.5. The Kier molecular flexibility index (Phi) is 3.46. The predicted molar refractivity (Wildman–Crippen MR) is 61.6 cm³/mol. The summed E-state index contributed by atoms with van der Waals surface area (Å²) < 4.78 is 5.75. The molecule has 0 saturated heterocycles. The molecule has 2 rings (SSSR count). The van der Waals surface area contributed by atoms with Crippen molar-refractivity contribution in [3.8, 4) is 5.75 Å². The number of benzene rings is 1. The lowest BCUT2D eigenvalue weighted by molar-refractivity contribution is 0.0356. The summed E-state index contributed by atoms with van der Waals surface area (Å²) in [5.41, 5.74) is 2.27. The first kappa shape index (κ1) is 11.4. The Hall–Kier alpha value is -1.06. The quantitative estimate of drug-likeness (QED) is 0.810. The van der Waals surface area contributed by atoms with E-state index >= 15 is 0 Å². The van der Waals surface area contributed by atoms with Crippen LogP contribution >= 0.6 is 0 Å². The second-order valence-electron chi connectivity index (χ2n) is 4.35. The number of aliphatic hydroxyl groups excluding tert-OH is 2. The normalized spacial score (nSPS) is 21.1. The van der Waals surface area contributed by atoms with Gasteiger partial charge in [0.05, 0.1) is 6.10 Å². The Balaban J connectivity index is 2.18. The number of ether oxygens (including phenoxy) is 1. The van der Waals surface area contributed by atoms with E-state index in [1.165, 1.54) is 5.56 Å². The van der Waals surface area contributed by atoms with E-state index in [9.17, 15) is 5.11 Å². The van der Waals surface area contributed by atoms with Crippen LogP contribution in [0.5, 0.6) is 5.75 Å². The molecular formula is C13H18O3. The molecule has 0 aromatic heterocycles. The van der Waals surface area contributed by atoms with Crippen molar-refractivity contribution in [2.45, 2.75) is 38.4 Å². The molecule has 1 aromatic carbocycles. The minimum absolute atomic E-state index is 0.100. The summed E-state index contributed by atoms with van der Waals surface area (Å²) in [5, 5.41) is 18.4. The molecule has 0 fully saturated rings. The lowest BCUT2D eigenvalue weighted by Gasteiger charge is -2.28. The van der Waals surface area contributed by atoms with Crippen molar-refractivity contribution in [1.82, 2.24) is 0 Å². The third-order valence-corrected chi connectivity index (χ3v) is 3.05. The van der Waals surface area contributed by atoms with Gasteiger partial charge in [0.25, 0.3) is 0 Å². The fraction of sp³-hybridized carbons (Fsp3) is 0.538. The molecule has 2 atom stereocenters. The van der Waals surface area contributed by atoms with E-state index in [0.29, 0.717) is 6.42 Å². The smallest absolute Gasteiger partial charge is 0.125 e. The van der Waals surface area contributed by atoms with Gasteiger partial charge in [-0.3, -0.25) is 0 Å². The van der Waals surface area contributed by atoms with Gasteiger partial charge in [-0.05, 0) is 43.4 Å². The van der Waals surface area contributed by atoms with Gasteiger partial charge >= 0.3 is 0 Å². The molecule has 1 aliphatic heterocycles. The Morgan fingerprint density at radius 1 is 1.50 bits per heavy atom. The molecule has 2 N–H and O–H groups in total. The summed E-state index contributed by atoms with van der Waals surface area (Å²) in [5.74, 6) is 0.864. The highest BCUT2D eigenvalue weighted by molar-refractivity contribution is 5.39. The van der Waals surface area contributed by atoms with E-state index in [-0.39, 0.29) is 12.7 Å². The number of hydrogen-bond donors (Lipinski definition) is 2. The average molecular weight is 222 g/mol. The Labute approximate surface area is 95.7 Å². The number of aliphatic hydroxyl groups is 2. The number of aryl methyl sites for hydroxylation is 1.